The Labute approximate surface area is 152 Å². The van der Waals surface area contributed by atoms with Gasteiger partial charge in [0.05, 0.1) is 11.9 Å². The lowest BCUT2D eigenvalue weighted by molar-refractivity contribution is 0.0949. The largest absolute Gasteiger partial charge is 0.354 e. The van der Waals surface area contributed by atoms with Gasteiger partial charge in [-0.1, -0.05) is 30.3 Å². The third-order valence-corrected chi connectivity index (χ3v) is 3.94. The number of pyridine rings is 1. The average molecular weight is 349 g/mol. The van der Waals surface area contributed by atoms with Crippen molar-refractivity contribution in [3.05, 3.63) is 89.5 Å². The summed E-state index contributed by atoms with van der Waals surface area (Å²) in [7, 11) is 0. The van der Waals surface area contributed by atoms with Gasteiger partial charge >= 0.3 is 0 Å². The summed E-state index contributed by atoms with van der Waals surface area (Å²) >= 11 is 0. The SMILES string of the molecule is Cc1cccc(Nc2ccc(C(=O)NCCc3ccccc3F)nc2)c1. The predicted octanol–water partition coefficient (Wildman–Crippen LogP) is 4.25. The van der Waals surface area contributed by atoms with Crippen LogP contribution in [0.25, 0.3) is 0 Å². The normalized spacial score (nSPS) is 10.4. The van der Waals surface area contributed by atoms with Crippen molar-refractivity contribution in [1.82, 2.24) is 10.3 Å². The Balaban J connectivity index is 1.54. The lowest BCUT2D eigenvalue weighted by Crippen LogP contribution is -2.26. The molecule has 4 nitrogen and oxygen atoms in total. The Hall–Kier alpha value is -3.21. The molecule has 2 aromatic carbocycles. The van der Waals surface area contributed by atoms with Gasteiger partial charge in [0.2, 0.25) is 0 Å². The number of hydrogen-bond donors (Lipinski definition) is 2. The van der Waals surface area contributed by atoms with Crippen LogP contribution in [0.2, 0.25) is 0 Å². The maximum absolute atomic E-state index is 13.6. The number of benzene rings is 2. The van der Waals surface area contributed by atoms with Gasteiger partial charge in [-0.25, -0.2) is 9.37 Å². The van der Waals surface area contributed by atoms with E-state index in [9.17, 15) is 9.18 Å². The van der Waals surface area contributed by atoms with Crippen molar-refractivity contribution < 1.29 is 9.18 Å². The average Bonchev–Trinajstić information content (AvgIpc) is 2.64. The van der Waals surface area contributed by atoms with Gasteiger partial charge in [0.25, 0.3) is 5.91 Å². The topological polar surface area (TPSA) is 54.0 Å². The zero-order valence-corrected chi connectivity index (χ0v) is 14.5. The van der Waals surface area contributed by atoms with E-state index in [0.29, 0.717) is 24.2 Å². The molecule has 0 aliphatic heterocycles. The quantitative estimate of drug-likeness (QED) is 0.700. The highest BCUT2D eigenvalue weighted by Crippen LogP contribution is 2.17. The summed E-state index contributed by atoms with van der Waals surface area (Å²) in [5.74, 6) is -0.533. The molecule has 0 spiro atoms. The number of aromatic nitrogens is 1. The standard InChI is InChI=1S/C21H20FN3O/c1-15-5-4-7-17(13-15)25-18-9-10-20(24-14-18)21(26)23-12-11-16-6-2-3-8-19(16)22/h2-10,13-14,25H,11-12H2,1H3,(H,23,26). The van der Waals surface area contributed by atoms with Crippen molar-refractivity contribution in [1.29, 1.82) is 0 Å². The van der Waals surface area contributed by atoms with Crippen LogP contribution < -0.4 is 10.6 Å². The first kappa shape index (κ1) is 17.6. The number of nitrogens with zero attached hydrogens (tertiary/aromatic N) is 1. The first-order valence-corrected chi connectivity index (χ1v) is 8.43. The van der Waals surface area contributed by atoms with Gasteiger partial charge in [-0.3, -0.25) is 4.79 Å². The number of carbonyl (C=O) groups excluding carboxylic acids is 1. The maximum atomic E-state index is 13.6. The fraction of sp³-hybridized carbons (Fsp3) is 0.143. The van der Waals surface area contributed by atoms with E-state index in [4.69, 9.17) is 0 Å². The number of nitrogens with one attached hydrogen (secondary N) is 2. The lowest BCUT2D eigenvalue weighted by atomic mass is 10.1. The van der Waals surface area contributed by atoms with Crippen molar-refractivity contribution >= 4 is 17.3 Å². The second kappa shape index (κ2) is 8.25. The molecule has 2 N–H and O–H groups in total. The summed E-state index contributed by atoms with van der Waals surface area (Å²) in [5, 5.41) is 6.01. The van der Waals surface area contributed by atoms with Crippen LogP contribution in [0.4, 0.5) is 15.8 Å². The molecular formula is C21H20FN3O. The summed E-state index contributed by atoms with van der Waals surface area (Å²) in [6.07, 6.45) is 2.06. The minimum absolute atomic E-state index is 0.258. The first-order chi connectivity index (χ1) is 12.6. The van der Waals surface area contributed by atoms with E-state index in [1.54, 1.807) is 36.5 Å². The number of amides is 1. The summed E-state index contributed by atoms with van der Waals surface area (Å²) < 4.78 is 13.6. The second-order valence-corrected chi connectivity index (χ2v) is 6.02. The molecular weight excluding hydrogens is 329 g/mol. The molecule has 0 bridgehead atoms. The molecule has 0 saturated heterocycles. The molecule has 3 aromatic rings. The van der Waals surface area contributed by atoms with Crippen molar-refractivity contribution in [3.8, 4) is 0 Å². The molecule has 0 unspecified atom stereocenters. The molecule has 0 aliphatic carbocycles. The first-order valence-electron chi connectivity index (χ1n) is 8.43. The molecule has 1 amide bonds. The van der Waals surface area contributed by atoms with Crippen LogP contribution in [0, 0.1) is 12.7 Å². The van der Waals surface area contributed by atoms with E-state index in [0.717, 1.165) is 16.9 Å². The van der Waals surface area contributed by atoms with Crippen molar-refractivity contribution in [3.63, 3.8) is 0 Å². The number of anilines is 2. The van der Waals surface area contributed by atoms with Gasteiger partial charge in [-0.05, 0) is 54.8 Å². The Bertz CT molecular complexity index is 894. The number of aryl methyl sites for hydroxylation is 1. The monoisotopic (exact) mass is 349 g/mol. The Morgan fingerprint density at radius 3 is 2.62 bits per heavy atom. The highest BCUT2D eigenvalue weighted by molar-refractivity contribution is 5.92. The van der Waals surface area contributed by atoms with Crippen LogP contribution in [0.1, 0.15) is 21.6 Å². The van der Waals surface area contributed by atoms with Gasteiger partial charge in [-0.15, -0.1) is 0 Å². The van der Waals surface area contributed by atoms with Crippen molar-refractivity contribution in [2.24, 2.45) is 0 Å². The van der Waals surface area contributed by atoms with E-state index in [2.05, 4.69) is 15.6 Å². The number of rotatable bonds is 6. The number of hydrogen-bond acceptors (Lipinski definition) is 3. The summed E-state index contributed by atoms with van der Waals surface area (Å²) in [5.41, 5.74) is 3.84. The van der Waals surface area contributed by atoms with E-state index in [1.807, 2.05) is 31.2 Å². The minimum Gasteiger partial charge on any atom is -0.354 e. The molecule has 0 saturated carbocycles. The van der Waals surface area contributed by atoms with Crippen LogP contribution in [-0.2, 0) is 6.42 Å². The molecule has 0 fully saturated rings. The molecule has 26 heavy (non-hydrogen) atoms. The Morgan fingerprint density at radius 1 is 1.04 bits per heavy atom. The number of halogens is 1. The van der Waals surface area contributed by atoms with Gasteiger partial charge < -0.3 is 10.6 Å². The van der Waals surface area contributed by atoms with Crippen molar-refractivity contribution in [2.45, 2.75) is 13.3 Å². The van der Waals surface area contributed by atoms with Gasteiger partial charge in [-0.2, -0.15) is 0 Å². The second-order valence-electron chi connectivity index (χ2n) is 6.02. The molecule has 0 atom stereocenters. The van der Waals surface area contributed by atoms with E-state index in [1.165, 1.54) is 6.07 Å². The highest BCUT2D eigenvalue weighted by atomic mass is 19.1. The Morgan fingerprint density at radius 2 is 1.88 bits per heavy atom. The van der Waals surface area contributed by atoms with Gasteiger partial charge in [0, 0.05) is 12.2 Å². The third-order valence-electron chi connectivity index (χ3n) is 3.94. The smallest absolute Gasteiger partial charge is 0.269 e. The summed E-state index contributed by atoms with van der Waals surface area (Å²) in [4.78, 5) is 16.3. The zero-order valence-electron chi connectivity index (χ0n) is 14.5. The third kappa shape index (κ3) is 4.66. The molecule has 3 rings (SSSR count). The van der Waals surface area contributed by atoms with Crippen LogP contribution >= 0.6 is 0 Å². The predicted molar refractivity (Wildman–Crippen MR) is 101 cm³/mol. The molecule has 132 valence electrons. The van der Waals surface area contributed by atoms with Crippen LogP contribution in [-0.4, -0.2) is 17.4 Å². The van der Waals surface area contributed by atoms with E-state index < -0.39 is 0 Å². The maximum Gasteiger partial charge on any atom is 0.269 e. The van der Waals surface area contributed by atoms with Crippen LogP contribution in [0.3, 0.4) is 0 Å². The fourth-order valence-corrected chi connectivity index (χ4v) is 2.59. The molecule has 1 heterocycles. The summed E-state index contributed by atoms with van der Waals surface area (Å²) in [6.45, 7) is 2.38. The van der Waals surface area contributed by atoms with Gasteiger partial charge in [0.15, 0.2) is 0 Å². The number of carbonyl (C=O) groups is 1. The lowest BCUT2D eigenvalue weighted by Gasteiger charge is -2.08. The molecule has 5 heteroatoms. The molecule has 0 aliphatic rings. The van der Waals surface area contributed by atoms with E-state index in [-0.39, 0.29) is 11.7 Å². The van der Waals surface area contributed by atoms with Crippen LogP contribution in [0.5, 0.6) is 0 Å². The minimum atomic E-state index is -0.275. The fourth-order valence-electron chi connectivity index (χ4n) is 2.59. The van der Waals surface area contributed by atoms with Crippen LogP contribution in [0.15, 0.2) is 66.9 Å². The summed E-state index contributed by atoms with van der Waals surface area (Å²) in [6, 6.07) is 18.0. The zero-order chi connectivity index (χ0) is 18.4. The molecule has 0 radical (unpaired) electrons. The highest BCUT2D eigenvalue weighted by Gasteiger charge is 2.08. The van der Waals surface area contributed by atoms with Crippen molar-refractivity contribution in [2.75, 3.05) is 11.9 Å². The van der Waals surface area contributed by atoms with Gasteiger partial charge in [0.1, 0.15) is 11.5 Å². The molecule has 1 aromatic heterocycles. The Kier molecular flexibility index (Phi) is 5.59. The van der Waals surface area contributed by atoms with E-state index >= 15 is 0 Å².